The molecule has 11 heteroatoms. The monoisotopic (exact) mass is 677 g/mol. The third kappa shape index (κ3) is 8.27. The van der Waals surface area contributed by atoms with E-state index in [0.29, 0.717) is 38.3 Å². The Morgan fingerprint density at radius 2 is 1.55 bits per heavy atom. The van der Waals surface area contributed by atoms with E-state index in [0.717, 1.165) is 42.0 Å². The molecule has 0 spiro atoms. The smallest absolute Gasteiger partial charge is 0.264 e. The van der Waals surface area contributed by atoms with Crippen molar-refractivity contribution in [3.8, 4) is 0 Å². The fraction of sp³-hybridized carbons (Fsp3) is 0.394. The van der Waals surface area contributed by atoms with Crippen molar-refractivity contribution in [2.75, 3.05) is 10.8 Å². The van der Waals surface area contributed by atoms with Gasteiger partial charge in [-0.05, 0) is 86.7 Å². The normalized spacial score (nSPS) is 14.6. The predicted molar refractivity (Wildman–Crippen MR) is 178 cm³/mol. The van der Waals surface area contributed by atoms with Crippen molar-refractivity contribution in [1.82, 2.24) is 10.2 Å². The van der Waals surface area contributed by atoms with Crippen LogP contribution in [0.1, 0.15) is 62.1 Å². The Hall–Kier alpha value is -2.78. The van der Waals surface area contributed by atoms with Gasteiger partial charge in [0.15, 0.2) is 0 Å². The third-order valence-corrected chi connectivity index (χ3v) is 10.6. The van der Waals surface area contributed by atoms with E-state index in [9.17, 15) is 18.0 Å². The van der Waals surface area contributed by atoms with E-state index < -0.39 is 28.5 Å². The van der Waals surface area contributed by atoms with E-state index in [4.69, 9.17) is 34.8 Å². The minimum atomic E-state index is -4.20. The number of nitrogens with one attached hydrogen (secondary N) is 1. The summed E-state index contributed by atoms with van der Waals surface area (Å²) in [5.74, 6) is -0.819. The first-order chi connectivity index (χ1) is 20.9. The zero-order chi connectivity index (χ0) is 32.0. The van der Waals surface area contributed by atoms with Crippen LogP contribution in [0.3, 0.4) is 0 Å². The van der Waals surface area contributed by atoms with Crippen LogP contribution >= 0.6 is 34.8 Å². The minimum absolute atomic E-state index is 0.0105. The maximum atomic E-state index is 14.4. The van der Waals surface area contributed by atoms with E-state index in [-0.39, 0.29) is 23.4 Å². The fourth-order valence-electron chi connectivity index (χ4n) is 5.55. The van der Waals surface area contributed by atoms with E-state index in [1.54, 1.807) is 55.5 Å². The second-order valence-electron chi connectivity index (χ2n) is 11.3. The Labute approximate surface area is 275 Å². The van der Waals surface area contributed by atoms with Gasteiger partial charge in [-0.25, -0.2) is 8.42 Å². The summed E-state index contributed by atoms with van der Waals surface area (Å²) >= 11 is 18.9. The van der Waals surface area contributed by atoms with Crippen LogP contribution in [-0.4, -0.2) is 43.8 Å². The highest BCUT2D eigenvalue weighted by Crippen LogP contribution is 2.30. The number of hydrogen-bond donors (Lipinski definition) is 1. The number of carbonyl (C=O) groups is 2. The summed E-state index contributed by atoms with van der Waals surface area (Å²) in [5.41, 5.74) is 2.38. The molecule has 3 aromatic carbocycles. The first-order valence-electron chi connectivity index (χ1n) is 14.8. The molecule has 1 aliphatic carbocycles. The SMILES string of the molecule is CC[C@H](C(=O)NC1CCCCC1)N(Cc1ccc(Cl)cc1Cl)C(=O)CN(c1ccc(Cl)cc1C)S(=O)(=O)c1ccc(C)cc1. The van der Waals surface area contributed by atoms with Gasteiger partial charge < -0.3 is 10.2 Å². The summed E-state index contributed by atoms with van der Waals surface area (Å²) in [6.45, 7) is 4.88. The summed E-state index contributed by atoms with van der Waals surface area (Å²) in [6.07, 6.45) is 5.31. The van der Waals surface area contributed by atoms with Gasteiger partial charge in [0.05, 0.1) is 10.6 Å². The molecule has 236 valence electrons. The van der Waals surface area contributed by atoms with Crippen LogP contribution in [0.2, 0.25) is 15.1 Å². The molecule has 3 aromatic rings. The Morgan fingerprint density at radius 3 is 2.16 bits per heavy atom. The number of sulfonamides is 1. The standard InChI is InChI=1S/C33H38Cl3N3O4S/c1-4-30(33(41)37-27-8-6-5-7-9-27)38(20-24-12-13-26(35)19-29(24)36)32(40)21-39(31-17-14-25(34)18-23(31)3)44(42,43)28-15-10-22(2)11-16-28/h10-19,27,30H,4-9,20-21H2,1-3H3,(H,37,41)/t30-/m1/s1. The number of halogens is 3. The maximum absolute atomic E-state index is 14.4. The molecule has 4 rings (SSSR count). The molecule has 7 nitrogen and oxygen atoms in total. The molecule has 0 unspecified atom stereocenters. The number of nitrogens with zero attached hydrogens (tertiary/aromatic N) is 2. The van der Waals surface area contributed by atoms with Gasteiger partial charge in [0.2, 0.25) is 11.8 Å². The molecule has 1 atom stereocenters. The highest BCUT2D eigenvalue weighted by atomic mass is 35.5. The van der Waals surface area contributed by atoms with Gasteiger partial charge in [0.1, 0.15) is 12.6 Å². The van der Waals surface area contributed by atoms with Crippen LogP contribution in [0.4, 0.5) is 5.69 Å². The van der Waals surface area contributed by atoms with E-state index in [1.165, 1.54) is 17.0 Å². The molecule has 0 heterocycles. The van der Waals surface area contributed by atoms with Gasteiger partial charge in [-0.2, -0.15) is 0 Å². The maximum Gasteiger partial charge on any atom is 0.264 e. The molecule has 1 fully saturated rings. The van der Waals surface area contributed by atoms with Crippen molar-refractivity contribution >= 4 is 62.3 Å². The highest BCUT2D eigenvalue weighted by molar-refractivity contribution is 7.92. The van der Waals surface area contributed by atoms with Crippen LogP contribution in [-0.2, 0) is 26.2 Å². The number of carbonyl (C=O) groups excluding carboxylic acids is 2. The van der Waals surface area contributed by atoms with Crippen LogP contribution in [0.15, 0.2) is 65.6 Å². The third-order valence-electron chi connectivity index (χ3n) is 8.01. The highest BCUT2D eigenvalue weighted by Gasteiger charge is 2.35. The molecule has 0 saturated heterocycles. The molecule has 1 aliphatic rings. The van der Waals surface area contributed by atoms with Crippen LogP contribution in [0.25, 0.3) is 0 Å². The zero-order valence-corrected chi connectivity index (χ0v) is 28.2. The lowest BCUT2D eigenvalue weighted by molar-refractivity contribution is -0.140. The van der Waals surface area contributed by atoms with Gasteiger partial charge >= 0.3 is 0 Å². The predicted octanol–water partition coefficient (Wildman–Crippen LogP) is 7.72. The first kappa shape index (κ1) is 34.1. The molecule has 0 radical (unpaired) electrons. The Balaban J connectivity index is 1.75. The molecule has 1 saturated carbocycles. The first-order valence-corrected chi connectivity index (χ1v) is 17.4. The van der Waals surface area contributed by atoms with Crippen molar-refractivity contribution < 1.29 is 18.0 Å². The summed E-state index contributed by atoms with van der Waals surface area (Å²) in [6, 6.07) is 15.4. The van der Waals surface area contributed by atoms with Crippen molar-refractivity contribution in [3.05, 3.63) is 92.4 Å². The average Bonchev–Trinajstić information content (AvgIpc) is 2.98. The Morgan fingerprint density at radius 1 is 0.909 bits per heavy atom. The molecule has 1 N–H and O–H groups in total. The molecule has 2 amide bonds. The molecule has 0 aliphatic heterocycles. The van der Waals surface area contributed by atoms with E-state index >= 15 is 0 Å². The summed E-state index contributed by atoms with van der Waals surface area (Å²) in [4.78, 5) is 29.5. The lowest BCUT2D eigenvalue weighted by Crippen LogP contribution is -2.54. The number of amides is 2. The molecule has 44 heavy (non-hydrogen) atoms. The van der Waals surface area contributed by atoms with Crippen molar-refractivity contribution in [1.29, 1.82) is 0 Å². The summed E-state index contributed by atoms with van der Waals surface area (Å²) < 4.78 is 29.4. The number of aryl methyl sites for hydroxylation is 2. The number of anilines is 1. The van der Waals surface area contributed by atoms with Gasteiger partial charge in [-0.3, -0.25) is 13.9 Å². The minimum Gasteiger partial charge on any atom is -0.352 e. The van der Waals surface area contributed by atoms with E-state index in [1.807, 2.05) is 13.8 Å². The van der Waals surface area contributed by atoms with Crippen molar-refractivity contribution in [2.24, 2.45) is 0 Å². The van der Waals surface area contributed by atoms with Crippen LogP contribution in [0, 0.1) is 13.8 Å². The van der Waals surface area contributed by atoms with Gasteiger partial charge in [0, 0.05) is 27.7 Å². The van der Waals surface area contributed by atoms with E-state index in [2.05, 4.69) is 5.32 Å². The molecule has 0 bridgehead atoms. The number of benzene rings is 3. The largest absolute Gasteiger partial charge is 0.352 e. The summed E-state index contributed by atoms with van der Waals surface area (Å²) in [5, 5.41) is 4.36. The fourth-order valence-corrected chi connectivity index (χ4v) is 7.72. The quantitative estimate of drug-likeness (QED) is 0.225. The average molecular weight is 679 g/mol. The zero-order valence-electron chi connectivity index (χ0n) is 25.2. The Bertz CT molecular complexity index is 1590. The van der Waals surface area contributed by atoms with Crippen molar-refractivity contribution in [2.45, 2.75) is 82.8 Å². The van der Waals surface area contributed by atoms with Crippen LogP contribution < -0.4 is 9.62 Å². The van der Waals surface area contributed by atoms with Gasteiger partial charge in [-0.15, -0.1) is 0 Å². The molecular weight excluding hydrogens is 641 g/mol. The lowest BCUT2D eigenvalue weighted by atomic mass is 9.95. The molecular formula is C33H38Cl3N3O4S. The van der Waals surface area contributed by atoms with Gasteiger partial charge in [-0.1, -0.05) is 84.8 Å². The topological polar surface area (TPSA) is 86.8 Å². The lowest BCUT2D eigenvalue weighted by Gasteiger charge is -2.35. The number of hydrogen-bond acceptors (Lipinski definition) is 4. The molecule has 0 aromatic heterocycles. The second kappa shape index (κ2) is 15.0. The van der Waals surface area contributed by atoms with Gasteiger partial charge in [0.25, 0.3) is 10.0 Å². The Kier molecular flexibility index (Phi) is 11.6. The van der Waals surface area contributed by atoms with Crippen molar-refractivity contribution in [3.63, 3.8) is 0 Å². The second-order valence-corrected chi connectivity index (χ2v) is 14.4. The van der Waals surface area contributed by atoms with Crippen LogP contribution in [0.5, 0.6) is 0 Å². The summed E-state index contributed by atoms with van der Waals surface area (Å²) in [7, 11) is -4.20. The number of rotatable bonds is 11.